The first-order valence-electron chi connectivity index (χ1n) is 9.45. The molecule has 0 unspecified atom stereocenters. The Balaban J connectivity index is 1.30. The predicted octanol–water partition coefficient (Wildman–Crippen LogP) is 2.79. The van der Waals surface area contributed by atoms with Gasteiger partial charge in [-0.1, -0.05) is 16.8 Å². The van der Waals surface area contributed by atoms with Crippen molar-refractivity contribution in [2.24, 2.45) is 0 Å². The Morgan fingerprint density at radius 1 is 1.28 bits per heavy atom. The molecule has 0 saturated carbocycles. The van der Waals surface area contributed by atoms with Crippen LogP contribution in [0.2, 0.25) is 5.15 Å². The standard InChI is InChI=1S/C19H21ClN6O3/c1-28-15-4-2-13(3-5-15)19-21-24-26(22-19)14-8-10-25(11-9-14)18(27)7-6-16-12-17(20)23-29-16/h2-5,12,14H,6-11H2,1H3. The first-order valence-corrected chi connectivity index (χ1v) is 9.83. The molecule has 4 rings (SSSR count). The highest BCUT2D eigenvalue weighted by Gasteiger charge is 2.25. The van der Waals surface area contributed by atoms with Crippen LogP contribution in [0.4, 0.5) is 0 Å². The molecule has 1 amide bonds. The van der Waals surface area contributed by atoms with Crippen LogP contribution in [-0.4, -0.2) is 56.4 Å². The second-order valence-corrected chi connectivity index (χ2v) is 7.28. The number of halogens is 1. The van der Waals surface area contributed by atoms with Gasteiger partial charge in [-0.2, -0.15) is 4.80 Å². The maximum absolute atomic E-state index is 12.4. The molecule has 1 aromatic carbocycles. The van der Waals surface area contributed by atoms with Crippen LogP contribution < -0.4 is 4.74 Å². The van der Waals surface area contributed by atoms with Gasteiger partial charge >= 0.3 is 0 Å². The molecular formula is C19H21ClN6O3. The van der Waals surface area contributed by atoms with Crippen molar-refractivity contribution in [2.75, 3.05) is 20.2 Å². The van der Waals surface area contributed by atoms with Gasteiger partial charge in [0, 0.05) is 37.6 Å². The van der Waals surface area contributed by atoms with E-state index in [-0.39, 0.29) is 11.9 Å². The van der Waals surface area contributed by atoms with Crippen molar-refractivity contribution in [3.63, 3.8) is 0 Å². The van der Waals surface area contributed by atoms with Gasteiger partial charge in [0.25, 0.3) is 0 Å². The highest BCUT2D eigenvalue weighted by molar-refractivity contribution is 6.29. The third-order valence-electron chi connectivity index (χ3n) is 5.04. The van der Waals surface area contributed by atoms with Gasteiger partial charge in [-0.25, -0.2) is 0 Å². The summed E-state index contributed by atoms with van der Waals surface area (Å²) >= 11 is 5.73. The average Bonchev–Trinajstić information content (AvgIpc) is 3.41. The summed E-state index contributed by atoms with van der Waals surface area (Å²) in [6, 6.07) is 9.32. The number of aromatic nitrogens is 5. The minimum atomic E-state index is 0.0986. The smallest absolute Gasteiger partial charge is 0.223 e. The summed E-state index contributed by atoms with van der Waals surface area (Å²) in [5.41, 5.74) is 0.886. The largest absolute Gasteiger partial charge is 0.497 e. The Morgan fingerprint density at radius 3 is 2.69 bits per heavy atom. The van der Waals surface area contributed by atoms with Gasteiger partial charge in [0.05, 0.1) is 13.2 Å². The first-order chi connectivity index (χ1) is 14.1. The van der Waals surface area contributed by atoms with Crippen LogP contribution in [0.3, 0.4) is 0 Å². The molecule has 1 aliphatic heterocycles. The minimum Gasteiger partial charge on any atom is -0.497 e. The van der Waals surface area contributed by atoms with E-state index in [1.807, 2.05) is 29.2 Å². The van der Waals surface area contributed by atoms with Gasteiger partial charge in [0.15, 0.2) is 5.15 Å². The van der Waals surface area contributed by atoms with Crippen molar-refractivity contribution >= 4 is 17.5 Å². The molecule has 3 heterocycles. The van der Waals surface area contributed by atoms with Crippen molar-refractivity contribution < 1.29 is 14.1 Å². The summed E-state index contributed by atoms with van der Waals surface area (Å²) < 4.78 is 10.2. The molecule has 152 valence electrons. The van der Waals surface area contributed by atoms with E-state index >= 15 is 0 Å². The number of carbonyl (C=O) groups is 1. The van der Waals surface area contributed by atoms with E-state index < -0.39 is 0 Å². The number of benzene rings is 1. The number of carbonyl (C=O) groups excluding carboxylic acids is 1. The van der Waals surface area contributed by atoms with Crippen LogP contribution in [-0.2, 0) is 11.2 Å². The Hall–Kier alpha value is -2.94. The second-order valence-electron chi connectivity index (χ2n) is 6.89. The summed E-state index contributed by atoms with van der Waals surface area (Å²) in [6.07, 6.45) is 2.45. The molecule has 0 atom stereocenters. The third kappa shape index (κ3) is 4.56. The van der Waals surface area contributed by atoms with Crippen LogP contribution in [0.15, 0.2) is 34.9 Å². The van der Waals surface area contributed by atoms with Crippen LogP contribution in [0, 0.1) is 0 Å². The van der Waals surface area contributed by atoms with E-state index in [0.29, 0.717) is 42.7 Å². The number of likely N-dealkylation sites (tertiary alicyclic amines) is 1. The summed E-state index contributed by atoms with van der Waals surface area (Å²) in [5, 5.41) is 16.8. The number of rotatable bonds is 6. The fourth-order valence-electron chi connectivity index (χ4n) is 3.38. The van der Waals surface area contributed by atoms with Gasteiger partial charge in [-0.05, 0) is 42.3 Å². The molecule has 2 aromatic heterocycles. The molecule has 1 saturated heterocycles. The molecule has 0 spiro atoms. The molecule has 0 aliphatic carbocycles. The fraction of sp³-hybridized carbons (Fsp3) is 0.421. The summed E-state index contributed by atoms with van der Waals surface area (Å²) in [4.78, 5) is 16.0. The fourth-order valence-corrected chi connectivity index (χ4v) is 3.53. The lowest BCUT2D eigenvalue weighted by Gasteiger charge is -2.31. The molecule has 9 nitrogen and oxygen atoms in total. The molecule has 0 bridgehead atoms. The van der Waals surface area contributed by atoms with Crippen molar-refractivity contribution in [3.05, 3.63) is 41.2 Å². The minimum absolute atomic E-state index is 0.0986. The second kappa shape index (κ2) is 8.60. The molecule has 10 heteroatoms. The number of nitrogens with zero attached hydrogens (tertiary/aromatic N) is 6. The Morgan fingerprint density at radius 2 is 2.03 bits per heavy atom. The zero-order chi connectivity index (χ0) is 20.2. The number of hydrogen-bond donors (Lipinski definition) is 0. The van der Waals surface area contributed by atoms with E-state index in [0.717, 1.165) is 24.2 Å². The zero-order valence-corrected chi connectivity index (χ0v) is 16.7. The molecule has 0 radical (unpaired) electrons. The number of methoxy groups -OCH3 is 1. The van der Waals surface area contributed by atoms with Crippen LogP contribution in [0.5, 0.6) is 5.75 Å². The van der Waals surface area contributed by atoms with Crippen LogP contribution >= 0.6 is 11.6 Å². The van der Waals surface area contributed by atoms with E-state index in [9.17, 15) is 4.79 Å². The average molecular weight is 417 g/mol. The SMILES string of the molecule is COc1ccc(-c2nnn(C3CCN(C(=O)CCc4cc(Cl)no4)CC3)n2)cc1. The van der Waals surface area contributed by atoms with Crippen LogP contribution in [0.25, 0.3) is 11.4 Å². The number of amides is 1. The Bertz CT molecular complexity index is 962. The highest BCUT2D eigenvalue weighted by Crippen LogP contribution is 2.24. The van der Waals surface area contributed by atoms with Crippen molar-refractivity contribution in [2.45, 2.75) is 31.7 Å². The lowest BCUT2D eigenvalue weighted by molar-refractivity contribution is -0.132. The number of hydrogen-bond acceptors (Lipinski definition) is 7. The van der Waals surface area contributed by atoms with Crippen molar-refractivity contribution in [3.8, 4) is 17.1 Å². The quantitative estimate of drug-likeness (QED) is 0.609. The number of aryl methyl sites for hydroxylation is 1. The molecule has 1 aliphatic rings. The summed E-state index contributed by atoms with van der Waals surface area (Å²) in [5.74, 6) is 2.08. The van der Waals surface area contributed by atoms with Gasteiger partial charge in [0.1, 0.15) is 11.5 Å². The first kappa shape index (κ1) is 19.4. The summed E-state index contributed by atoms with van der Waals surface area (Å²) in [6.45, 7) is 1.33. The van der Waals surface area contributed by atoms with Gasteiger partial charge in [-0.15, -0.1) is 10.2 Å². The number of piperidine rings is 1. The zero-order valence-electron chi connectivity index (χ0n) is 16.0. The maximum atomic E-state index is 12.4. The molecule has 1 fully saturated rings. The predicted molar refractivity (Wildman–Crippen MR) is 104 cm³/mol. The molecule has 0 N–H and O–H groups in total. The van der Waals surface area contributed by atoms with E-state index in [1.54, 1.807) is 18.0 Å². The Labute approximate surface area is 172 Å². The number of tetrazole rings is 1. The molecule has 29 heavy (non-hydrogen) atoms. The van der Waals surface area contributed by atoms with Crippen molar-refractivity contribution in [1.82, 2.24) is 30.3 Å². The number of ether oxygens (including phenoxy) is 1. The van der Waals surface area contributed by atoms with E-state index in [1.165, 1.54) is 0 Å². The van der Waals surface area contributed by atoms with E-state index in [2.05, 4.69) is 20.6 Å². The summed E-state index contributed by atoms with van der Waals surface area (Å²) in [7, 11) is 1.63. The lowest BCUT2D eigenvalue weighted by atomic mass is 10.0. The topological polar surface area (TPSA) is 99.2 Å². The maximum Gasteiger partial charge on any atom is 0.223 e. The molecular weight excluding hydrogens is 396 g/mol. The van der Waals surface area contributed by atoms with Crippen molar-refractivity contribution in [1.29, 1.82) is 0 Å². The highest BCUT2D eigenvalue weighted by atomic mass is 35.5. The molecule has 3 aromatic rings. The van der Waals surface area contributed by atoms with Gasteiger partial charge in [-0.3, -0.25) is 4.79 Å². The monoisotopic (exact) mass is 416 g/mol. The third-order valence-corrected chi connectivity index (χ3v) is 5.21. The van der Waals surface area contributed by atoms with E-state index in [4.69, 9.17) is 20.9 Å². The van der Waals surface area contributed by atoms with Gasteiger partial charge in [0.2, 0.25) is 11.7 Å². The van der Waals surface area contributed by atoms with Gasteiger partial charge < -0.3 is 14.2 Å². The Kier molecular flexibility index (Phi) is 5.75. The van der Waals surface area contributed by atoms with Crippen LogP contribution in [0.1, 0.15) is 31.1 Å². The lowest BCUT2D eigenvalue weighted by Crippen LogP contribution is -2.39. The normalized spacial score (nSPS) is 14.9.